The third-order valence-corrected chi connectivity index (χ3v) is 7.87. The largest absolute Gasteiger partial charge is 0.500 e. The maximum atomic E-state index is 11.1. The molecule has 9 nitrogen and oxygen atoms in total. The maximum absolute atomic E-state index is 11.1. The van der Waals surface area contributed by atoms with Gasteiger partial charge in [0, 0.05) is 27.4 Å². The van der Waals surface area contributed by atoms with Crippen LogP contribution in [0.3, 0.4) is 0 Å². The van der Waals surface area contributed by atoms with Crippen molar-refractivity contribution in [2.75, 3.05) is 27.1 Å². The lowest BCUT2D eigenvalue weighted by atomic mass is 10.3. The first-order valence-electron chi connectivity index (χ1n) is 5.56. The molecule has 0 aliphatic heterocycles. The monoisotopic (exact) mass is 352 g/mol. The predicted octanol–water partition coefficient (Wildman–Crippen LogP) is -0.211. The number of hydrogen-bond donors (Lipinski definition) is 2. The van der Waals surface area contributed by atoms with Gasteiger partial charge in [0.2, 0.25) is 0 Å². The molecule has 0 saturated heterocycles. The smallest absolute Gasteiger partial charge is 0.377 e. The molecule has 122 valence electrons. The quantitative estimate of drug-likeness (QED) is 0.404. The van der Waals surface area contributed by atoms with Gasteiger partial charge >= 0.3 is 8.80 Å². The standard InChI is InChI=1S/C8H20O9S2Si/c1-15-20(16-2,17-3)6-4-5-8(19(12,13)14)7-18(9,10)11/h8H,4-7H2,1-3H3,(H,9,10,11)(H,12,13,14). The Bertz CT molecular complexity index is 474. The molecule has 20 heavy (non-hydrogen) atoms. The predicted molar refractivity (Wildman–Crippen MR) is 72.6 cm³/mol. The molecule has 0 amide bonds. The Balaban J connectivity index is 4.72. The zero-order valence-corrected chi connectivity index (χ0v) is 14.1. The number of rotatable bonds is 10. The highest BCUT2D eigenvalue weighted by atomic mass is 32.2. The van der Waals surface area contributed by atoms with Crippen LogP contribution in [0.25, 0.3) is 0 Å². The summed E-state index contributed by atoms with van der Waals surface area (Å²) in [6, 6.07) is 0.244. The Morgan fingerprint density at radius 2 is 1.45 bits per heavy atom. The topological polar surface area (TPSA) is 136 Å². The van der Waals surface area contributed by atoms with Gasteiger partial charge in [-0.25, -0.2) is 0 Å². The molecule has 0 aromatic carbocycles. The van der Waals surface area contributed by atoms with Gasteiger partial charge in [-0.1, -0.05) is 0 Å². The first kappa shape index (κ1) is 19.9. The summed E-state index contributed by atoms with van der Waals surface area (Å²) in [5.74, 6) is -1.06. The Kier molecular flexibility index (Phi) is 7.76. The SMILES string of the molecule is CO[Si](CCCC(CS(=O)(=O)O)S(=O)(=O)O)(OC)OC. The van der Waals surface area contributed by atoms with Gasteiger partial charge in [0.15, 0.2) is 0 Å². The van der Waals surface area contributed by atoms with Crippen LogP contribution in [0.2, 0.25) is 6.04 Å². The average Bonchev–Trinajstić information content (AvgIpc) is 2.31. The van der Waals surface area contributed by atoms with Crippen molar-refractivity contribution in [3.05, 3.63) is 0 Å². The van der Waals surface area contributed by atoms with E-state index in [4.69, 9.17) is 22.4 Å². The molecule has 0 aromatic heterocycles. The zero-order valence-electron chi connectivity index (χ0n) is 11.5. The highest BCUT2D eigenvalue weighted by molar-refractivity contribution is 7.90. The molecular weight excluding hydrogens is 332 g/mol. The lowest BCUT2D eigenvalue weighted by Gasteiger charge is -2.24. The van der Waals surface area contributed by atoms with Gasteiger partial charge in [0.05, 0.1) is 5.75 Å². The minimum Gasteiger partial charge on any atom is -0.377 e. The van der Waals surface area contributed by atoms with E-state index in [2.05, 4.69) is 0 Å². The molecular formula is C8H20O9S2Si. The molecule has 0 saturated carbocycles. The van der Waals surface area contributed by atoms with Crippen molar-refractivity contribution in [3.63, 3.8) is 0 Å². The van der Waals surface area contributed by atoms with Crippen LogP contribution in [0.5, 0.6) is 0 Å². The van der Waals surface area contributed by atoms with Crippen molar-refractivity contribution < 1.29 is 39.2 Å². The third kappa shape index (κ3) is 7.08. The third-order valence-electron chi connectivity index (χ3n) is 2.76. The summed E-state index contributed by atoms with van der Waals surface area (Å²) in [5, 5.41) is -1.60. The molecule has 0 aliphatic carbocycles. The molecule has 1 atom stereocenters. The van der Waals surface area contributed by atoms with Crippen LogP contribution in [-0.2, 0) is 33.5 Å². The van der Waals surface area contributed by atoms with Crippen LogP contribution in [0.1, 0.15) is 12.8 Å². The van der Waals surface area contributed by atoms with E-state index in [1.807, 2.05) is 0 Å². The van der Waals surface area contributed by atoms with Gasteiger partial charge in [-0.2, -0.15) is 16.8 Å². The lowest BCUT2D eigenvalue weighted by molar-refractivity contribution is 0.123. The first-order valence-corrected chi connectivity index (χ1v) is 10.6. The van der Waals surface area contributed by atoms with Crippen LogP contribution in [0, 0.1) is 0 Å². The summed E-state index contributed by atoms with van der Waals surface area (Å²) in [7, 11) is -7.82. The first-order chi connectivity index (χ1) is 8.99. The van der Waals surface area contributed by atoms with Crippen molar-refractivity contribution in [1.29, 1.82) is 0 Å². The van der Waals surface area contributed by atoms with Crippen LogP contribution >= 0.6 is 0 Å². The summed E-state index contributed by atoms with van der Waals surface area (Å²) >= 11 is 0. The van der Waals surface area contributed by atoms with Crippen molar-refractivity contribution in [2.24, 2.45) is 0 Å². The maximum Gasteiger partial charge on any atom is 0.500 e. The molecule has 0 bridgehead atoms. The van der Waals surface area contributed by atoms with E-state index in [-0.39, 0.29) is 18.9 Å². The van der Waals surface area contributed by atoms with Crippen LogP contribution in [0.15, 0.2) is 0 Å². The fourth-order valence-electron chi connectivity index (χ4n) is 1.66. The second-order valence-electron chi connectivity index (χ2n) is 4.07. The summed E-state index contributed by atoms with van der Waals surface area (Å²) in [4.78, 5) is 0. The molecule has 0 fully saturated rings. The van der Waals surface area contributed by atoms with E-state index in [0.29, 0.717) is 0 Å². The Labute approximate surface area is 120 Å². The minimum absolute atomic E-state index is 0.177. The molecule has 2 N–H and O–H groups in total. The molecule has 0 heterocycles. The molecule has 0 rings (SSSR count). The molecule has 1 unspecified atom stereocenters. The normalized spacial score (nSPS) is 15.2. The van der Waals surface area contributed by atoms with Gasteiger partial charge in [0.25, 0.3) is 20.2 Å². The summed E-state index contributed by atoms with van der Waals surface area (Å²) in [5.41, 5.74) is 0. The van der Waals surface area contributed by atoms with Crippen LogP contribution in [-0.4, -0.2) is 67.1 Å². The van der Waals surface area contributed by atoms with Crippen molar-refractivity contribution in [2.45, 2.75) is 24.1 Å². The van der Waals surface area contributed by atoms with Crippen molar-refractivity contribution >= 4 is 29.0 Å². The van der Waals surface area contributed by atoms with Gasteiger partial charge in [-0.05, 0) is 12.8 Å². The second kappa shape index (κ2) is 7.79. The molecule has 12 heteroatoms. The fraction of sp³-hybridized carbons (Fsp3) is 1.00. The summed E-state index contributed by atoms with van der Waals surface area (Å²) in [6.07, 6.45) is 0.00513. The molecule has 0 spiro atoms. The van der Waals surface area contributed by atoms with Gasteiger partial charge in [-0.3, -0.25) is 9.11 Å². The average molecular weight is 352 g/mol. The highest BCUT2D eigenvalue weighted by Crippen LogP contribution is 2.19. The van der Waals surface area contributed by atoms with Gasteiger partial charge in [-0.15, -0.1) is 0 Å². The van der Waals surface area contributed by atoms with E-state index in [0.717, 1.165) is 0 Å². The summed E-state index contributed by atoms with van der Waals surface area (Å²) < 4.78 is 76.6. The van der Waals surface area contributed by atoms with Crippen molar-refractivity contribution in [3.8, 4) is 0 Å². The van der Waals surface area contributed by atoms with Crippen LogP contribution < -0.4 is 0 Å². The second-order valence-corrected chi connectivity index (χ2v) is 10.4. The van der Waals surface area contributed by atoms with Crippen molar-refractivity contribution in [1.82, 2.24) is 0 Å². The molecule has 0 aromatic rings. The zero-order chi connectivity index (χ0) is 16.0. The Morgan fingerprint density at radius 1 is 1.00 bits per heavy atom. The fourth-order valence-corrected chi connectivity index (χ4v) is 5.71. The van der Waals surface area contributed by atoms with Crippen LogP contribution in [0.4, 0.5) is 0 Å². The number of hydrogen-bond acceptors (Lipinski definition) is 7. The summed E-state index contributed by atoms with van der Waals surface area (Å²) in [6.45, 7) is 0. The Hall–Kier alpha value is -0.0831. The minimum atomic E-state index is -4.58. The highest BCUT2D eigenvalue weighted by Gasteiger charge is 2.38. The van der Waals surface area contributed by atoms with E-state index in [1.54, 1.807) is 0 Å². The molecule has 0 radical (unpaired) electrons. The lowest BCUT2D eigenvalue weighted by Crippen LogP contribution is -2.43. The van der Waals surface area contributed by atoms with E-state index in [1.165, 1.54) is 21.3 Å². The van der Waals surface area contributed by atoms with E-state index in [9.17, 15) is 16.8 Å². The Morgan fingerprint density at radius 3 is 1.75 bits per heavy atom. The molecule has 0 aliphatic rings. The van der Waals surface area contributed by atoms with Gasteiger partial charge < -0.3 is 13.3 Å². The van der Waals surface area contributed by atoms with E-state index < -0.39 is 40.0 Å². The van der Waals surface area contributed by atoms with E-state index >= 15 is 0 Å². The van der Waals surface area contributed by atoms with Gasteiger partial charge in [0.1, 0.15) is 5.25 Å².